The summed E-state index contributed by atoms with van der Waals surface area (Å²) in [5, 5.41) is 8.08. The predicted octanol–water partition coefficient (Wildman–Crippen LogP) is 13.0. The van der Waals surface area contributed by atoms with Gasteiger partial charge in [0.15, 0.2) is 0 Å². The molecule has 0 N–H and O–H groups in total. The van der Waals surface area contributed by atoms with Crippen molar-refractivity contribution in [3.05, 3.63) is 158 Å². The summed E-state index contributed by atoms with van der Waals surface area (Å²) in [4.78, 5) is 0. The van der Waals surface area contributed by atoms with Gasteiger partial charge >= 0.3 is 30.2 Å². The van der Waals surface area contributed by atoms with Crippen LogP contribution >= 0.6 is 24.8 Å². The van der Waals surface area contributed by atoms with Gasteiger partial charge in [0, 0.05) is 0 Å². The van der Waals surface area contributed by atoms with E-state index in [2.05, 4.69) is 163 Å². The van der Waals surface area contributed by atoms with Gasteiger partial charge in [-0.1, -0.05) is 123 Å². The Hall–Kier alpha value is -2.74. The van der Waals surface area contributed by atoms with E-state index >= 15 is 0 Å². The monoisotopic (exact) mass is 736 g/mol. The molecule has 7 aromatic rings. The van der Waals surface area contributed by atoms with Crippen molar-refractivity contribution < 1.29 is 23.3 Å². The molecular formula is C42H44Cl2SiZr-4. The molecule has 0 nitrogen and oxygen atoms in total. The van der Waals surface area contributed by atoms with Gasteiger partial charge in [0.1, 0.15) is 0 Å². The molecule has 0 heterocycles. The van der Waals surface area contributed by atoms with E-state index in [1.807, 2.05) is 0 Å². The molecule has 0 aromatic heterocycles. The number of rotatable bonds is 3. The van der Waals surface area contributed by atoms with Crippen molar-refractivity contribution in [1.29, 1.82) is 0 Å². The Kier molecular flexibility index (Phi) is 16.7. The van der Waals surface area contributed by atoms with Crippen molar-refractivity contribution in [2.75, 3.05) is 0 Å². The summed E-state index contributed by atoms with van der Waals surface area (Å²) in [6, 6.07) is 44.3. The number of hydrogen-bond donors (Lipinski definition) is 0. The van der Waals surface area contributed by atoms with E-state index in [4.69, 9.17) is 0 Å². The normalized spacial score (nSPS) is 9.93. The van der Waals surface area contributed by atoms with Gasteiger partial charge in [-0.05, 0) is 34.7 Å². The molecule has 0 saturated carbocycles. The summed E-state index contributed by atoms with van der Waals surface area (Å²) in [6.07, 6.45) is 0. The zero-order valence-corrected chi connectivity index (χ0v) is 33.0. The van der Waals surface area contributed by atoms with Crippen LogP contribution in [0.2, 0.25) is 0 Å². The van der Waals surface area contributed by atoms with Crippen molar-refractivity contribution >= 4 is 64.0 Å². The maximum absolute atomic E-state index is 3.06. The van der Waals surface area contributed by atoms with Gasteiger partial charge in [0.25, 0.3) is 0 Å². The van der Waals surface area contributed by atoms with Gasteiger partial charge in [-0.2, -0.15) is 12.1 Å². The summed E-state index contributed by atoms with van der Waals surface area (Å²) >= 11 is 1.36. The standard InChI is InChI=1S/C21H17.C19H19.2CH3.2ClH.Si.Zr/c1-14-12-20-15(2)10-11-19(21(20)13-14)18-9-5-7-16-6-3-4-8-17(16)18;1-13(2)17-11-16-5-4-6-18(19(16)12-17)15-9-7-14(3)8-10-15;;;;;;/h3-13H,1-2H3;4-13H,1-3H3;2*1H3;2*1H;;/q4*-1;;;;. The average molecular weight is 739 g/mol. The van der Waals surface area contributed by atoms with Crippen LogP contribution in [0.15, 0.2) is 121 Å². The van der Waals surface area contributed by atoms with Crippen LogP contribution in [0, 0.1) is 35.6 Å². The molecule has 0 aliphatic heterocycles. The second-order valence-corrected chi connectivity index (χ2v) is 11.4. The Bertz CT molecular complexity index is 1970. The van der Waals surface area contributed by atoms with E-state index in [0.29, 0.717) is 5.92 Å². The summed E-state index contributed by atoms with van der Waals surface area (Å²) in [5.41, 5.74) is 10.7. The second kappa shape index (κ2) is 18.6. The van der Waals surface area contributed by atoms with E-state index in [1.54, 1.807) is 0 Å². The third kappa shape index (κ3) is 8.78. The molecule has 0 unspecified atom stereocenters. The fraction of sp³-hybridized carbons (Fsp3) is 0.143. The molecule has 0 atom stereocenters. The number of fused-ring (bicyclic) bond motifs is 3. The van der Waals surface area contributed by atoms with Crippen LogP contribution in [0.4, 0.5) is 0 Å². The predicted molar refractivity (Wildman–Crippen MR) is 209 cm³/mol. The molecule has 0 amide bonds. The Labute approximate surface area is 306 Å². The van der Waals surface area contributed by atoms with Crippen LogP contribution in [-0.4, -0.2) is 6.88 Å². The minimum absolute atomic E-state index is 0. The maximum atomic E-state index is 3.06. The van der Waals surface area contributed by atoms with Gasteiger partial charge in [-0.3, -0.25) is 0 Å². The SMILES string of the molecule is Cc1cc2c(-c3cccc4ccccc34)ccc(C)c2[cH-]1.Cc1ccc(-c2cccc3[cH-]c(C(C)C)cc23)cc1.Cl.Cl.[CH3-].[CH3-].[Si]=[Zr]. The van der Waals surface area contributed by atoms with Crippen LogP contribution in [-0.2, 0) is 23.3 Å². The molecule has 46 heavy (non-hydrogen) atoms. The first-order valence-electron chi connectivity index (χ1n) is 14.6. The number of halogens is 2. The first-order valence-corrected chi connectivity index (χ1v) is 18.7. The molecule has 4 heteroatoms. The van der Waals surface area contributed by atoms with E-state index in [1.165, 1.54) is 100 Å². The van der Waals surface area contributed by atoms with Gasteiger partial charge in [0.2, 0.25) is 0 Å². The zero-order chi connectivity index (χ0) is 29.8. The summed E-state index contributed by atoms with van der Waals surface area (Å²) in [5.74, 6) is 0.582. The van der Waals surface area contributed by atoms with Crippen molar-refractivity contribution in [2.45, 2.75) is 40.5 Å². The quantitative estimate of drug-likeness (QED) is 0.125. The Morgan fingerprint density at radius 3 is 1.89 bits per heavy atom. The topological polar surface area (TPSA) is 0 Å². The first kappa shape index (κ1) is 41.3. The van der Waals surface area contributed by atoms with Crippen LogP contribution in [0.5, 0.6) is 0 Å². The van der Waals surface area contributed by atoms with Gasteiger partial charge in [0.05, 0.1) is 0 Å². The van der Waals surface area contributed by atoms with Gasteiger partial charge in [-0.15, -0.1) is 93.4 Å². The van der Waals surface area contributed by atoms with Gasteiger partial charge in [-0.25, -0.2) is 0 Å². The van der Waals surface area contributed by atoms with E-state index < -0.39 is 0 Å². The molecule has 0 aliphatic carbocycles. The van der Waals surface area contributed by atoms with Gasteiger partial charge < -0.3 is 14.9 Å². The van der Waals surface area contributed by atoms with Crippen LogP contribution in [0.3, 0.4) is 0 Å². The van der Waals surface area contributed by atoms with Crippen LogP contribution < -0.4 is 0 Å². The average Bonchev–Trinajstić information content (AvgIpc) is 3.64. The fourth-order valence-corrected chi connectivity index (χ4v) is 5.86. The molecule has 2 radical (unpaired) electrons. The molecular weight excluding hydrogens is 695 g/mol. The summed E-state index contributed by atoms with van der Waals surface area (Å²) in [7, 11) is 0. The minimum atomic E-state index is 0. The Balaban J connectivity index is 0.000000405. The number of benzene rings is 5. The molecule has 238 valence electrons. The van der Waals surface area contributed by atoms with Crippen molar-refractivity contribution in [3.8, 4) is 22.3 Å². The first-order chi connectivity index (χ1) is 20.4. The van der Waals surface area contributed by atoms with Crippen molar-refractivity contribution in [2.24, 2.45) is 0 Å². The van der Waals surface area contributed by atoms with Crippen LogP contribution in [0.1, 0.15) is 42.0 Å². The fourth-order valence-electron chi connectivity index (χ4n) is 5.86. The van der Waals surface area contributed by atoms with E-state index in [0.717, 1.165) is 0 Å². The summed E-state index contributed by atoms with van der Waals surface area (Å²) < 4.78 is 0. The molecule has 0 bridgehead atoms. The molecule has 0 fully saturated rings. The molecule has 0 spiro atoms. The molecule has 7 aromatic carbocycles. The van der Waals surface area contributed by atoms with E-state index in [-0.39, 0.29) is 39.7 Å². The Morgan fingerprint density at radius 2 is 1.20 bits per heavy atom. The Morgan fingerprint density at radius 1 is 0.587 bits per heavy atom. The molecule has 0 saturated heterocycles. The second-order valence-electron chi connectivity index (χ2n) is 11.4. The van der Waals surface area contributed by atoms with Crippen molar-refractivity contribution in [1.82, 2.24) is 0 Å². The molecule has 0 aliphatic rings. The third-order valence-electron chi connectivity index (χ3n) is 8.13. The number of hydrogen-bond acceptors (Lipinski definition) is 0. The third-order valence-corrected chi connectivity index (χ3v) is 8.13. The zero-order valence-electron chi connectivity index (χ0n) is 27.9. The van der Waals surface area contributed by atoms with Crippen LogP contribution in [0.25, 0.3) is 54.6 Å². The van der Waals surface area contributed by atoms with Crippen molar-refractivity contribution in [3.63, 3.8) is 0 Å². The van der Waals surface area contributed by atoms with E-state index in [9.17, 15) is 0 Å². The molecule has 7 rings (SSSR count). The number of aryl methyl sites for hydroxylation is 3. The summed E-state index contributed by atoms with van der Waals surface area (Å²) in [6.45, 7) is 14.1.